The Balaban J connectivity index is 0.00000312. The number of guanidine groups is 1. The summed E-state index contributed by atoms with van der Waals surface area (Å²) in [6.45, 7) is 5.94. The molecule has 0 spiro atoms. The second-order valence-electron chi connectivity index (χ2n) is 6.20. The van der Waals surface area contributed by atoms with Crippen LogP contribution in [0.3, 0.4) is 0 Å². The molecule has 6 nitrogen and oxygen atoms in total. The summed E-state index contributed by atoms with van der Waals surface area (Å²) >= 11 is 0. The molecule has 1 aromatic carbocycles. The van der Waals surface area contributed by atoms with E-state index in [2.05, 4.69) is 15.2 Å². The van der Waals surface area contributed by atoms with E-state index in [-0.39, 0.29) is 24.0 Å². The Labute approximate surface area is 168 Å². The number of ether oxygens (including phenoxy) is 1. The lowest BCUT2D eigenvalue weighted by Crippen LogP contribution is -2.41. The normalized spacial score (nSPS) is 17.9. The van der Waals surface area contributed by atoms with Gasteiger partial charge in [0.2, 0.25) is 0 Å². The maximum absolute atomic E-state index is 11.5. The summed E-state index contributed by atoms with van der Waals surface area (Å²) in [7, 11) is -1.12. The van der Waals surface area contributed by atoms with Crippen LogP contribution >= 0.6 is 24.0 Å². The van der Waals surface area contributed by atoms with Gasteiger partial charge in [0.1, 0.15) is 0 Å². The van der Waals surface area contributed by atoms with Crippen LogP contribution in [0.1, 0.15) is 18.9 Å². The lowest BCUT2D eigenvalue weighted by molar-refractivity contribution is 0.181. The van der Waals surface area contributed by atoms with E-state index in [0.29, 0.717) is 17.4 Å². The van der Waals surface area contributed by atoms with Gasteiger partial charge in [0, 0.05) is 38.9 Å². The molecular formula is C17H28IN3O3S. The molecule has 0 radical (unpaired) electrons. The zero-order valence-corrected chi connectivity index (χ0v) is 18.2. The topological polar surface area (TPSA) is 71.0 Å². The van der Waals surface area contributed by atoms with Crippen molar-refractivity contribution >= 4 is 39.8 Å². The predicted molar refractivity (Wildman–Crippen MR) is 111 cm³/mol. The summed E-state index contributed by atoms with van der Waals surface area (Å²) in [5, 5.41) is 3.30. The van der Waals surface area contributed by atoms with E-state index in [1.54, 1.807) is 12.1 Å². The summed E-state index contributed by atoms with van der Waals surface area (Å²) in [5.74, 6) is 1.41. The fraction of sp³-hybridized carbons (Fsp3) is 0.588. The monoisotopic (exact) mass is 481 g/mol. The highest BCUT2D eigenvalue weighted by atomic mass is 127. The van der Waals surface area contributed by atoms with Crippen LogP contribution in [0.4, 0.5) is 0 Å². The second-order valence-corrected chi connectivity index (χ2v) is 8.21. The fourth-order valence-corrected chi connectivity index (χ4v) is 3.31. The number of hydrogen-bond donors (Lipinski definition) is 1. The van der Waals surface area contributed by atoms with Gasteiger partial charge in [0.25, 0.3) is 0 Å². The molecule has 0 amide bonds. The highest BCUT2D eigenvalue weighted by molar-refractivity contribution is 14.0. The summed E-state index contributed by atoms with van der Waals surface area (Å²) < 4.78 is 28.4. The molecule has 8 heteroatoms. The van der Waals surface area contributed by atoms with Crippen molar-refractivity contribution in [2.24, 2.45) is 10.9 Å². The first kappa shape index (κ1) is 22.2. The summed E-state index contributed by atoms with van der Waals surface area (Å²) in [4.78, 5) is 7.13. The molecule has 1 unspecified atom stereocenters. The first-order chi connectivity index (χ1) is 11.4. The molecule has 1 heterocycles. The molecule has 1 fully saturated rings. The maximum atomic E-state index is 11.5. The van der Waals surface area contributed by atoms with E-state index in [1.807, 2.05) is 26.1 Å². The summed E-state index contributed by atoms with van der Waals surface area (Å²) in [6.07, 6.45) is 2.31. The van der Waals surface area contributed by atoms with Crippen molar-refractivity contribution in [3.8, 4) is 0 Å². The lowest BCUT2D eigenvalue weighted by Gasteiger charge is -2.24. The zero-order valence-electron chi connectivity index (χ0n) is 15.1. The minimum atomic E-state index is -3.15. The van der Waals surface area contributed by atoms with Gasteiger partial charge in [0.05, 0.1) is 18.0 Å². The quantitative estimate of drug-likeness (QED) is 0.383. The molecule has 0 aliphatic carbocycles. The lowest BCUT2D eigenvalue weighted by atomic mass is 10.1. The van der Waals surface area contributed by atoms with Crippen LogP contribution in [-0.4, -0.2) is 58.9 Å². The Morgan fingerprint density at radius 2 is 2.04 bits per heavy atom. The molecule has 2 rings (SSSR count). The Kier molecular flexibility index (Phi) is 9.15. The molecule has 25 heavy (non-hydrogen) atoms. The highest BCUT2D eigenvalue weighted by Crippen LogP contribution is 2.14. The van der Waals surface area contributed by atoms with Gasteiger partial charge in [-0.25, -0.2) is 13.4 Å². The van der Waals surface area contributed by atoms with Crippen molar-refractivity contribution in [3.63, 3.8) is 0 Å². The number of nitrogens with one attached hydrogen (secondary N) is 1. The van der Waals surface area contributed by atoms with Crippen molar-refractivity contribution in [1.82, 2.24) is 10.2 Å². The average molecular weight is 481 g/mol. The van der Waals surface area contributed by atoms with Gasteiger partial charge in [-0.2, -0.15) is 0 Å². The summed E-state index contributed by atoms with van der Waals surface area (Å²) in [5.41, 5.74) is 0.982. The van der Waals surface area contributed by atoms with E-state index >= 15 is 0 Å². The number of sulfone groups is 1. The van der Waals surface area contributed by atoms with Gasteiger partial charge in [-0.15, -0.1) is 24.0 Å². The van der Waals surface area contributed by atoms with Crippen LogP contribution in [0.2, 0.25) is 0 Å². The van der Waals surface area contributed by atoms with Crippen LogP contribution in [0.15, 0.2) is 34.2 Å². The van der Waals surface area contributed by atoms with E-state index in [1.165, 1.54) is 6.26 Å². The maximum Gasteiger partial charge on any atom is 0.193 e. The molecule has 1 saturated heterocycles. The van der Waals surface area contributed by atoms with Crippen molar-refractivity contribution in [2.45, 2.75) is 24.8 Å². The number of rotatable bonds is 6. The molecule has 1 aliphatic rings. The Morgan fingerprint density at radius 3 is 2.56 bits per heavy atom. The predicted octanol–water partition coefficient (Wildman–Crippen LogP) is 2.14. The summed E-state index contributed by atoms with van der Waals surface area (Å²) in [6, 6.07) is 6.89. The Morgan fingerprint density at radius 1 is 1.36 bits per heavy atom. The first-order valence-corrected chi connectivity index (χ1v) is 10.2. The van der Waals surface area contributed by atoms with E-state index in [4.69, 9.17) is 4.74 Å². The third-order valence-electron chi connectivity index (χ3n) is 4.02. The van der Waals surface area contributed by atoms with E-state index < -0.39 is 9.84 Å². The number of nitrogens with zero attached hydrogens (tertiary/aromatic N) is 2. The smallest absolute Gasteiger partial charge is 0.193 e. The molecule has 142 valence electrons. The SMILES string of the molecule is CCNC(=NCc1ccc(S(C)(=O)=O)cc1)N(C)CC1CCOC1.I. The van der Waals surface area contributed by atoms with Crippen molar-refractivity contribution < 1.29 is 13.2 Å². The number of benzene rings is 1. The molecule has 1 N–H and O–H groups in total. The molecule has 1 aliphatic heterocycles. The molecule has 0 aromatic heterocycles. The van der Waals surface area contributed by atoms with Crippen LogP contribution in [-0.2, 0) is 21.1 Å². The minimum Gasteiger partial charge on any atom is -0.381 e. The molecule has 0 saturated carbocycles. The van der Waals surface area contributed by atoms with Gasteiger partial charge in [0.15, 0.2) is 15.8 Å². The highest BCUT2D eigenvalue weighted by Gasteiger charge is 2.19. The third kappa shape index (κ3) is 7.10. The second kappa shape index (κ2) is 10.3. The molecular weight excluding hydrogens is 453 g/mol. The van der Waals surface area contributed by atoms with Crippen molar-refractivity contribution in [2.75, 3.05) is 39.6 Å². The number of aliphatic imine (C=N–C) groups is 1. The Bertz CT molecular complexity index is 656. The van der Waals surface area contributed by atoms with Crippen molar-refractivity contribution in [1.29, 1.82) is 0 Å². The van der Waals surface area contributed by atoms with Gasteiger partial charge >= 0.3 is 0 Å². The van der Waals surface area contributed by atoms with Crippen molar-refractivity contribution in [3.05, 3.63) is 29.8 Å². The molecule has 0 bridgehead atoms. The molecule has 1 atom stereocenters. The zero-order chi connectivity index (χ0) is 17.6. The van der Waals surface area contributed by atoms with Gasteiger partial charge in [-0.3, -0.25) is 0 Å². The van der Waals surface area contributed by atoms with Crippen LogP contribution in [0.5, 0.6) is 0 Å². The van der Waals surface area contributed by atoms with Crippen LogP contribution < -0.4 is 5.32 Å². The molecule has 1 aromatic rings. The van der Waals surface area contributed by atoms with E-state index in [0.717, 1.165) is 44.2 Å². The van der Waals surface area contributed by atoms with Gasteiger partial charge in [-0.1, -0.05) is 12.1 Å². The third-order valence-corrected chi connectivity index (χ3v) is 5.14. The largest absolute Gasteiger partial charge is 0.381 e. The first-order valence-electron chi connectivity index (χ1n) is 8.26. The van der Waals surface area contributed by atoms with Gasteiger partial charge < -0.3 is 15.0 Å². The number of halogens is 1. The van der Waals surface area contributed by atoms with Crippen LogP contribution in [0.25, 0.3) is 0 Å². The van der Waals surface area contributed by atoms with E-state index in [9.17, 15) is 8.42 Å². The number of hydrogen-bond acceptors (Lipinski definition) is 4. The van der Waals surface area contributed by atoms with Gasteiger partial charge in [-0.05, 0) is 31.0 Å². The standard InChI is InChI=1S/C17H27N3O3S.HI/c1-4-18-17(20(2)12-15-9-10-23-13-15)19-11-14-5-7-16(8-6-14)24(3,21)22;/h5-8,15H,4,9-13H2,1-3H3,(H,18,19);1H. The minimum absolute atomic E-state index is 0. The van der Waals surface area contributed by atoms with Crippen LogP contribution in [0, 0.1) is 5.92 Å². The fourth-order valence-electron chi connectivity index (χ4n) is 2.68. The Hall–Kier alpha value is -0.870. The average Bonchev–Trinajstić information content (AvgIpc) is 3.03.